The SMILES string of the molecule is COc1cccc2c1O[C@@]1(C)C[C@H]2NC(=O)N1c1cccc(C(=O)NCc2ccco2)c1. The Morgan fingerprint density at radius 1 is 1.25 bits per heavy atom. The first-order valence-corrected chi connectivity index (χ1v) is 10.4. The van der Waals surface area contributed by atoms with E-state index in [2.05, 4.69) is 10.6 Å². The van der Waals surface area contributed by atoms with Crippen molar-refractivity contribution < 1.29 is 23.5 Å². The molecule has 0 radical (unpaired) electrons. The molecule has 1 saturated heterocycles. The minimum absolute atomic E-state index is 0.192. The highest BCUT2D eigenvalue weighted by atomic mass is 16.5. The Morgan fingerprint density at radius 2 is 2.09 bits per heavy atom. The number of furan rings is 1. The van der Waals surface area contributed by atoms with E-state index in [0.717, 1.165) is 5.56 Å². The summed E-state index contributed by atoms with van der Waals surface area (Å²) >= 11 is 0. The third kappa shape index (κ3) is 3.33. The average molecular weight is 433 g/mol. The molecule has 164 valence electrons. The fraction of sp³-hybridized carbons (Fsp3) is 0.250. The Labute approximate surface area is 185 Å². The van der Waals surface area contributed by atoms with Crippen LogP contribution >= 0.6 is 0 Å². The zero-order chi connectivity index (χ0) is 22.3. The van der Waals surface area contributed by atoms with Gasteiger partial charge in [0.05, 0.1) is 31.6 Å². The monoisotopic (exact) mass is 433 g/mol. The summed E-state index contributed by atoms with van der Waals surface area (Å²) in [5.41, 5.74) is 0.937. The van der Waals surface area contributed by atoms with E-state index in [0.29, 0.717) is 34.9 Å². The Bertz CT molecular complexity index is 1180. The number of hydrogen-bond donors (Lipinski definition) is 2. The summed E-state index contributed by atoms with van der Waals surface area (Å²) in [5, 5.41) is 5.88. The number of nitrogens with one attached hydrogen (secondary N) is 2. The van der Waals surface area contributed by atoms with Gasteiger partial charge >= 0.3 is 6.03 Å². The number of urea groups is 1. The van der Waals surface area contributed by atoms with Crippen LogP contribution in [0.25, 0.3) is 0 Å². The van der Waals surface area contributed by atoms with Crippen molar-refractivity contribution in [3.8, 4) is 11.5 Å². The molecule has 32 heavy (non-hydrogen) atoms. The number of para-hydroxylation sites is 1. The second-order valence-corrected chi connectivity index (χ2v) is 8.01. The first kappa shape index (κ1) is 20.0. The molecule has 8 heteroatoms. The lowest BCUT2D eigenvalue weighted by molar-refractivity contribution is 0.0349. The minimum Gasteiger partial charge on any atom is -0.493 e. The smallest absolute Gasteiger partial charge is 0.325 e. The van der Waals surface area contributed by atoms with Gasteiger partial charge in [-0.1, -0.05) is 18.2 Å². The predicted molar refractivity (Wildman–Crippen MR) is 117 cm³/mol. The number of amides is 3. The summed E-state index contributed by atoms with van der Waals surface area (Å²) in [5.74, 6) is 1.62. The van der Waals surface area contributed by atoms with Crippen LogP contribution in [0.4, 0.5) is 10.5 Å². The van der Waals surface area contributed by atoms with E-state index in [1.807, 2.05) is 25.1 Å². The molecule has 8 nitrogen and oxygen atoms in total. The fourth-order valence-electron chi connectivity index (χ4n) is 4.38. The number of nitrogens with zero attached hydrogens (tertiary/aromatic N) is 1. The third-order valence-corrected chi connectivity index (χ3v) is 5.85. The molecule has 3 aromatic rings. The first-order valence-electron chi connectivity index (χ1n) is 10.4. The van der Waals surface area contributed by atoms with Gasteiger partial charge in [-0.3, -0.25) is 9.69 Å². The minimum atomic E-state index is -0.947. The van der Waals surface area contributed by atoms with E-state index in [4.69, 9.17) is 13.9 Å². The van der Waals surface area contributed by atoms with E-state index >= 15 is 0 Å². The molecule has 5 rings (SSSR count). The maximum atomic E-state index is 13.1. The Morgan fingerprint density at radius 3 is 2.88 bits per heavy atom. The van der Waals surface area contributed by atoms with Crippen LogP contribution in [0.3, 0.4) is 0 Å². The zero-order valence-electron chi connectivity index (χ0n) is 17.8. The van der Waals surface area contributed by atoms with Crippen molar-refractivity contribution >= 4 is 17.6 Å². The second kappa shape index (κ2) is 7.64. The molecule has 2 aliphatic rings. The Hall–Kier alpha value is -3.94. The molecule has 0 aliphatic carbocycles. The summed E-state index contributed by atoms with van der Waals surface area (Å²) in [6, 6.07) is 15.6. The zero-order valence-corrected chi connectivity index (χ0v) is 17.8. The van der Waals surface area contributed by atoms with Crippen LogP contribution in [-0.4, -0.2) is 24.8 Å². The number of anilines is 1. The Balaban J connectivity index is 1.44. The molecule has 2 atom stereocenters. The summed E-state index contributed by atoms with van der Waals surface area (Å²) in [4.78, 5) is 27.4. The van der Waals surface area contributed by atoms with Crippen molar-refractivity contribution in [3.63, 3.8) is 0 Å². The van der Waals surface area contributed by atoms with Crippen molar-refractivity contribution in [2.24, 2.45) is 0 Å². The highest BCUT2D eigenvalue weighted by molar-refractivity contribution is 5.99. The standard InChI is InChI=1S/C24H23N3O5/c1-24-13-19(18-9-4-10-20(30-2)21(18)32-24)26-23(29)27(24)16-7-3-6-15(12-16)22(28)25-14-17-8-5-11-31-17/h3-12,19H,13-14H2,1-2H3,(H,25,28)(H,26,29)/t19-,24+/m1/s1. The van der Waals surface area contributed by atoms with Crippen molar-refractivity contribution in [1.29, 1.82) is 0 Å². The summed E-state index contributed by atoms with van der Waals surface area (Å²) in [7, 11) is 1.59. The van der Waals surface area contributed by atoms with Gasteiger partial charge in [0.1, 0.15) is 5.76 Å². The molecule has 0 unspecified atom stereocenters. The number of ether oxygens (including phenoxy) is 2. The van der Waals surface area contributed by atoms with E-state index in [9.17, 15) is 9.59 Å². The van der Waals surface area contributed by atoms with Crippen LogP contribution in [-0.2, 0) is 6.54 Å². The van der Waals surface area contributed by atoms with Crippen LogP contribution in [0.2, 0.25) is 0 Å². The van der Waals surface area contributed by atoms with Crippen molar-refractivity contribution in [2.75, 3.05) is 12.0 Å². The molecule has 3 heterocycles. The molecule has 2 bridgehead atoms. The van der Waals surface area contributed by atoms with Gasteiger partial charge in [0.2, 0.25) is 0 Å². The van der Waals surface area contributed by atoms with E-state index in [-0.39, 0.29) is 24.5 Å². The maximum absolute atomic E-state index is 13.1. The lowest BCUT2D eigenvalue weighted by atomic mass is 9.89. The summed E-state index contributed by atoms with van der Waals surface area (Å²) < 4.78 is 17.1. The van der Waals surface area contributed by atoms with Gasteiger partial charge in [-0.2, -0.15) is 0 Å². The highest BCUT2D eigenvalue weighted by Crippen LogP contribution is 2.49. The molecule has 2 aliphatic heterocycles. The van der Waals surface area contributed by atoms with Crippen molar-refractivity contribution in [3.05, 3.63) is 77.7 Å². The molecular weight excluding hydrogens is 410 g/mol. The number of benzene rings is 2. The van der Waals surface area contributed by atoms with Gasteiger partial charge in [0.25, 0.3) is 5.91 Å². The van der Waals surface area contributed by atoms with Crippen LogP contribution < -0.4 is 25.0 Å². The maximum Gasteiger partial charge on any atom is 0.325 e. The third-order valence-electron chi connectivity index (χ3n) is 5.85. The van der Waals surface area contributed by atoms with Gasteiger partial charge in [0, 0.05) is 17.5 Å². The second-order valence-electron chi connectivity index (χ2n) is 8.01. The topological polar surface area (TPSA) is 93.0 Å². The lowest BCUT2D eigenvalue weighted by Gasteiger charge is -2.50. The van der Waals surface area contributed by atoms with E-state index in [1.54, 1.807) is 54.7 Å². The average Bonchev–Trinajstić information content (AvgIpc) is 3.30. The molecule has 0 saturated carbocycles. The van der Waals surface area contributed by atoms with Crippen LogP contribution in [0.5, 0.6) is 11.5 Å². The number of methoxy groups -OCH3 is 1. The van der Waals surface area contributed by atoms with E-state index in [1.165, 1.54) is 0 Å². The largest absolute Gasteiger partial charge is 0.493 e. The highest BCUT2D eigenvalue weighted by Gasteiger charge is 2.50. The Kier molecular flexibility index (Phi) is 4.77. The van der Waals surface area contributed by atoms with Crippen molar-refractivity contribution in [1.82, 2.24) is 10.6 Å². The normalized spacial score (nSPS) is 21.2. The summed E-state index contributed by atoms with van der Waals surface area (Å²) in [6.45, 7) is 2.15. The molecule has 2 N–H and O–H groups in total. The fourth-order valence-corrected chi connectivity index (χ4v) is 4.38. The van der Waals surface area contributed by atoms with Gasteiger partial charge < -0.3 is 24.5 Å². The molecule has 1 fully saturated rings. The number of carbonyl (C=O) groups excluding carboxylic acids is 2. The molecule has 1 aromatic heterocycles. The van der Waals surface area contributed by atoms with Gasteiger partial charge in [-0.05, 0) is 43.3 Å². The first-order chi connectivity index (χ1) is 15.5. The van der Waals surface area contributed by atoms with Gasteiger partial charge in [0.15, 0.2) is 17.2 Å². The predicted octanol–water partition coefficient (Wildman–Crippen LogP) is 3.99. The number of rotatable bonds is 5. The molecule has 3 amide bonds. The van der Waals surface area contributed by atoms with Gasteiger partial charge in [-0.25, -0.2) is 4.79 Å². The van der Waals surface area contributed by atoms with Gasteiger partial charge in [-0.15, -0.1) is 0 Å². The number of fused-ring (bicyclic) bond motifs is 4. The van der Waals surface area contributed by atoms with Crippen molar-refractivity contribution in [2.45, 2.75) is 31.7 Å². The number of hydrogen-bond acceptors (Lipinski definition) is 5. The lowest BCUT2D eigenvalue weighted by Crippen LogP contribution is -2.65. The van der Waals surface area contributed by atoms with Crippen LogP contribution in [0.15, 0.2) is 65.3 Å². The number of carbonyl (C=O) groups is 2. The molecule has 2 aromatic carbocycles. The molecular formula is C24H23N3O5. The summed E-state index contributed by atoms with van der Waals surface area (Å²) in [6.07, 6.45) is 2.11. The van der Waals surface area contributed by atoms with E-state index < -0.39 is 5.72 Å². The quantitative estimate of drug-likeness (QED) is 0.635. The van der Waals surface area contributed by atoms with Crippen LogP contribution in [0.1, 0.15) is 41.1 Å². The molecule has 0 spiro atoms. The van der Waals surface area contributed by atoms with Crippen LogP contribution in [0, 0.1) is 0 Å².